The lowest BCUT2D eigenvalue weighted by Gasteiger charge is -2.28. The van der Waals surface area contributed by atoms with Gasteiger partial charge in [-0.25, -0.2) is 9.59 Å². The van der Waals surface area contributed by atoms with E-state index in [1.165, 1.54) is 24.3 Å². The largest absolute Gasteiger partial charge is 0.546 e. The number of quaternary nitrogens is 2. The molecule has 0 amide bonds. The number of rotatable bonds is 9. The monoisotopic (exact) mass is 640 g/mol. The maximum Gasteiger partial charge on any atom is 0.339 e. The Hall–Kier alpha value is -5.64. The van der Waals surface area contributed by atoms with Gasteiger partial charge < -0.3 is 61.9 Å². The lowest BCUT2D eigenvalue weighted by Crippen LogP contribution is -2.55. The number of aliphatic carboxylic acids is 2. The van der Waals surface area contributed by atoms with Crippen LogP contribution >= 0.6 is 0 Å². The van der Waals surface area contributed by atoms with E-state index in [9.17, 15) is 29.4 Å². The van der Waals surface area contributed by atoms with E-state index in [1.54, 1.807) is 38.1 Å². The van der Waals surface area contributed by atoms with E-state index in [1.807, 2.05) is 48.5 Å². The second-order valence-corrected chi connectivity index (χ2v) is 9.31. The molecular weight excluding hydrogens is 604 g/mol. The molecule has 0 aliphatic heterocycles. The van der Waals surface area contributed by atoms with Crippen molar-refractivity contribution in [2.45, 2.75) is 26.1 Å². The number of carboxylic acids is 2. The highest BCUT2D eigenvalue weighted by atomic mass is 16.6. The van der Waals surface area contributed by atoms with Crippen molar-refractivity contribution in [1.29, 1.82) is 0 Å². The first-order valence-electron chi connectivity index (χ1n) is 12.9. The molecule has 0 aliphatic rings. The van der Waals surface area contributed by atoms with Crippen molar-refractivity contribution in [2.75, 3.05) is 0 Å². The number of carbonyl (C=O) groups is 4. The number of aryl methyl sites for hydroxylation is 2. The third-order valence-corrected chi connectivity index (χ3v) is 6.02. The number of esters is 2. The summed E-state index contributed by atoms with van der Waals surface area (Å²) in [6.45, 7) is 3.16. The number of benzene rings is 4. The van der Waals surface area contributed by atoms with Crippen LogP contribution in [-0.2, 0) is 19.1 Å². The van der Waals surface area contributed by atoms with Gasteiger partial charge in [-0.05, 0) is 61.4 Å². The third kappa shape index (κ3) is 11.5. The van der Waals surface area contributed by atoms with Gasteiger partial charge in [-0.3, -0.25) is 0 Å². The number of ether oxygens (including phenoxy) is 3. The summed E-state index contributed by atoms with van der Waals surface area (Å²) >= 11 is 0. The molecule has 0 saturated heterocycles. The van der Waals surface area contributed by atoms with Crippen LogP contribution in [0.4, 0.5) is 11.4 Å². The lowest BCUT2D eigenvalue weighted by atomic mass is 10.1. The molecule has 14 heteroatoms. The van der Waals surface area contributed by atoms with Crippen molar-refractivity contribution < 1.29 is 71.5 Å². The molecule has 0 saturated carbocycles. The molecule has 0 radical (unpaired) electrons. The van der Waals surface area contributed by atoms with E-state index in [4.69, 9.17) is 14.2 Å². The van der Waals surface area contributed by atoms with E-state index in [0.717, 1.165) is 22.9 Å². The van der Waals surface area contributed by atoms with Crippen LogP contribution in [0.15, 0.2) is 97.1 Å². The van der Waals surface area contributed by atoms with Crippen LogP contribution in [-0.4, -0.2) is 52.5 Å². The highest BCUT2D eigenvalue weighted by Gasteiger charge is 2.32. The molecule has 12 N–H and O–H groups in total. The van der Waals surface area contributed by atoms with Crippen LogP contribution in [0.1, 0.15) is 31.8 Å². The number of hydrogen-bond donors (Lipinski definition) is 2. The van der Waals surface area contributed by atoms with Gasteiger partial charge in [0.05, 0.1) is 23.1 Å². The molecule has 246 valence electrons. The minimum Gasteiger partial charge on any atom is -0.546 e. The Morgan fingerprint density at radius 2 is 0.848 bits per heavy atom. The van der Waals surface area contributed by atoms with E-state index in [2.05, 4.69) is 11.5 Å². The zero-order chi connectivity index (χ0) is 31.5. The first-order chi connectivity index (χ1) is 20.5. The van der Waals surface area contributed by atoms with Crippen LogP contribution in [0.5, 0.6) is 11.5 Å². The zero-order valence-corrected chi connectivity index (χ0v) is 25.0. The fraction of sp³-hybridized carbons (Fsp3) is 0.125. The summed E-state index contributed by atoms with van der Waals surface area (Å²) < 4.78 is 15.2. The number of carboxylic acid groups (broad SMARTS) is 2. The van der Waals surface area contributed by atoms with Crippen molar-refractivity contribution >= 4 is 35.3 Å². The molecule has 0 unspecified atom stereocenters. The molecule has 4 aromatic rings. The maximum atomic E-state index is 12.3. The predicted molar refractivity (Wildman–Crippen MR) is 160 cm³/mol. The van der Waals surface area contributed by atoms with Gasteiger partial charge in [0.1, 0.15) is 22.9 Å². The van der Waals surface area contributed by atoms with Crippen molar-refractivity contribution in [3.63, 3.8) is 0 Å². The van der Waals surface area contributed by atoms with Crippen LogP contribution in [0.3, 0.4) is 0 Å². The van der Waals surface area contributed by atoms with Gasteiger partial charge in [-0.15, -0.1) is 0 Å². The molecule has 4 rings (SSSR count). The predicted octanol–water partition coefficient (Wildman–Crippen LogP) is -1.69. The Morgan fingerprint density at radius 3 is 1.13 bits per heavy atom. The second-order valence-electron chi connectivity index (χ2n) is 9.31. The van der Waals surface area contributed by atoms with E-state index < -0.39 is 36.1 Å². The van der Waals surface area contributed by atoms with E-state index >= 15 is 0 Å². The second kappa shape index (κ2) is 18.9. The average molecular weight is 641 g/mol. The average Bonchev–Trinajstić information content (AvgIpc) is 2.97. The fourth-order valence-corrected chi connectivity index (χ4v) is 3.68. The van der Waals surface area contributed by atoms with Crippen LogP contribution < -0.4 is 26.4 Å². The van der Waals surface area contributed by atoms with Crippen molar-refractivity contribution in [2.24, 2.45) is 0 Å². The summed E-state index contributed by atoms with van der Waals surface area (Å²) in [6.07, 6.45) is -4.80. The van der Waals surface area contributed by atoms with E-state index in [-0.39, 0.29) is 27.6 Å². The Labute approximate surface area is 263 Å². The molecule has 2 atom stereocenters. The molecule has 0 spiro atoms. The summed E-state index contributed by atoms with van der Waals surface area (Å²) in [5, 5.41) is 22.8. The molecule has 14 nitrogen and oxygen atoms in total. The highest BCUT2D eigenvalue weighted by Crippen LogP contribution is 2.22. The third-order valence-electron chi connectivity index (χ3n) is 6.02. The molecule has 0 aromatic heterocycles. The van der Waals surface area contributed by atoms with E-state index in [0.29, 0.717) is 11.1 Å². The topological polar surface area (TPSA) is 292 Å². The normalized spacial score (nSPS) is 10.9. The fourth-order valence-electron chi connectivity index (χ4n) is 3.68. The van der Waals surface area contributed by atoms with Crippen LogP contribution in [0.25, 0.3) is 0 Å². The van der Waals surface area contributed by atoms with Gasteiger partial charge in [0.25, 0.3) is 0 Å². The molecule has 0 fully saturated rings. The Morgan fingerprint density at radius 1 is 0.543 bits per heavy atom. The first kappa shape index (κ1) is 40.4. The Kier molecular flexibility index (Phi) is 16.6. The first-order valence-corrected chi connectivity index (χ1v) is 12.9. The Bertz CT molecular complexity index is 1470. The standard InChI is InChI=1S/C20H18O8.C12H12N2O.3H2O/c1-11-7-3-5-9-13(11)19(25)27-15(17(21)22)16(18(23)24)28-20(26)14-10-6-4-8-12(14)2;13-9-1-5-11(6-2-9)15-12-7-3-10(14)4-8-12;;;/h3-10,15-16H,1-2H3,(H,21,22)(H,23,24);1-8H,13-14H2;3*1H2/t15-,16-;;;;/m0..../s1. The van der Waals surface area contributed by atoms with Gasteiger partial charge in [0, 0.05) is 24.3 Å². The van der Waals surface area contributed by atoms with Crippen LogP contribution in [0, 0.1) is 13.8 Å². The van der Waals surface area contributed by atoms with Crippen molar-refractivity contribution in [1.82, 2.24) is 0 Å². The zero-order valence-electron chi connectivity index (χ0n) is 25.0. The summed E-state index contributed by atoms with van der Waals surface area (Å²) in [5.41, 5.74) is 10.6. The number of hydrogen-bond acceptors (Lipinski definition) is 9. The van der Waals surface area contributed by atoms with Gasteiger partial charge in [-0.1, -0.05) is 36.4 Å². The summed E-state index contributed by atoms with van der Waals surface area (Å²) in [4.78, 5) is 47.3. The summed E-state index contributed by atoms with van der Waals surface area (Å²) in [5.74, 6) is -4.67. The highest BCUT2D eigenvalue weighted by molar-refractivity contribution is 5.95. The van der Waals surface area contributed by atoms with Crippen LogP contribution in [0.2, 0.25) is 0 Å². The SMILES string of the molecule is Cc1ccccc1C(=O)O[C@H](C(=O)[O-])[C@H](OC(=O)c1ccccc1C)C(=O)[O-].O.O.O.[NH3+]c1ccc(Oc2ccc([NH3+])cc2)cc1. The molecule has 4 aromatic carbocycles. The summed E-state index contributed by atoms with van der Waals surface area (Å²) in [6, 6.07) is 27.5. The minimum atomic E-state index is -2.40. The quantitative estimate of drug-likeness (QED) is 0.197. The smallest absolute Gasteiger partial charge is 0.339 e. The molecule has 0 heterocycles. The molecule has 0 aliphatic carbocycles. The summed E-state index contributed by atoms with van der Waals surface area (Å²) in [7, 11) is 0. The Balaban J connectivity index is 0.000000957. The van der Waals surface area contributed by atoms with Gasteiger partial charge in [-0.2, -0.15) is 0 Å². The van der Waals surface area contributed by atoms with Gasteiger partial charge in [0.15, 0.2) is 12.2 Å². The van der Waals surface area contributed by atoms with Crippen molar-refractivity contribution in [3.05, 3.63) is 119 Å². The minimum absolute atomic E-state index is 0. The van der Waals surface area contributed by atoms with Gasteiger partial charge >= 0.3 is 11.9 Å². The lowest BCUT2D eigenvalue weighted by molar-refractivity contribution is -0.332. The molecular formula is C32H36N2O12. The van der Waals surface area contributed by atoms with Gasteiger partial charge in [0.2, 0.25) is 0 Å². The molecule has 0 bridgehead atoms. The molecule has 46 heavy (non-hydrogen) atoms. The number of carbonyl (C=O) groups excluding carboxylic acids is 4. The van der Waals surface area contributed by atoms with Crippen molar-refractivity contribution in [3.8, 4) is 11.5 Å². The maximum absolute atomic E-state index is 12.3.